The van der Waals surface area contributed by atoms with Crippen LogP contribution in [0.5, 0.6) is 0 Å². The van der Waals surface area contributed by atoms with Crippen LogP contribution in [0, 0.1) is 6.26 Å². The lowest BCUT2D eigenvalue weighted by atomic mass is 12.0. The molecule has 0 aliphatic heterocycles. The standard InChI is InChI=1S/CH2IO2S/c1-5(2,3)4/h1H2. The molecule has 0 rings (SSSR count). The Balaban J connectivity index is 4.06. The summed E-state index contributed by atoms with van der Waals surface area (Å²) in [5.74, 6) is 0. The molecule has 0 atom stereocenters. The van der Waals surface area contributed by atoms with Crippen LogP contribution in [0.3, 0.4) is 0 Å². The van der Waals surface area contributed by atoms with Crippen LogP contribution in [-0.2, 0) is 7.01 Å². The minimum absolute atomic E-state index is 1.24. The molecule has 4 heteroatoms. The van der Waals surface area contributed by atoms with E-state index in [2.05, 4.69) is 6.26 Å². The molecule has 0 bridgehead atoms. The highest BCUT2D eigenvalue weighted by atomic mass is 127. The Labute approximate surface area is 43.1 Å². The molecule has 31 valence electrons. The fraction of sp³-hybridized carbons (Fsp3) is 0. The van der Waals surface area contributed by atoms with Crippen molar-refractivity contribution in [2.24, 2.45) is 0 Å². The highest BCUT2D eigenvalue weighted by Gasteiger charge is 1.83. The Kier molecular flexibility index (Phi) is 1.61. The molecule has 0 unspecified atom stereocenters. The molecule has 0 aromatic carbocycles. The first-order valence-electron chi connectivity index (χ1n) is 0.776. The van der Waals surface area contributed by atoms with Crippen LogP contribution in [0.25, 0.3) is 0 Å². The van der Waals surface area contributed by atoms with E-state index in [1.54, 1.807) is 0 Å². The van der Waals surface area contributed by atoms with E-state index in [0.29, 0.717) is 0 Å². The van der Waals surface area contributed by atoms with E-state index in [1.807, 2.05) is 0 Å². The Morgan fingerprint density at radius 1 is 1.60 bits per heavy atom. The summed E-state index contributed by atoms with van der Waals surface area (Å²) in [4.78, 5) is 0. The molecule has 0 N–H and O–H groups in total. The van der Waals surface area contributed by atoms with E-state index in [9.17, 15) is 8.42 Å². The van der Waals surface area contributed by atoms with E-state index in [0.717, 1.165) is 0 Å². The summed E-state index contributed by atoms with van der Waals surface area (Å²) in [6, 6.07) is 0. The summed E-state index contributed by atoms with van der Waals surface area (Å²) in [5, 5.41) is 0. The van der Waals surface area contributed by atoms with Crippen molar-refractivity contribution in [1.82, 2.24) is 0 Å². The van der Waals surface area contributed by atoms with Gasteiger partial charge in [0.15, 0.2) is 0 Å². The largest absolute Gasteiger partial charge is 0.218 e. The first kappa shape index (κ1) is 5.68. The predicted molar refractivity (Wildman–Crippen MR) is 28.3 cm³/mol. The van der Waals surface area contributed by atoms with Crippen LogP contribution in [0.15, 0.2) is 0 Å². The van der Waals surface area contributed by atoms with Gasteiger partial charge in [-0.25, -0.2) is 8.42 Å². The molecular formula is CH2IO2S. The first-order valence-corrected chi connectivity index (χ1v) is 4.97. The van der Waals surface area contributed by atoms with Crippen LogP contribution in [0.1, 0.15) is 0 Å². The van der Waals surface area contributed by atoms with E-state index < -0.39 is 7.01 Å². The lowest BCUT2D eigenvalue weighted by Crippen LogP contribution is -1.69. The summed E-state index contributed by atoms with van der Waals surface area (Å²) in [6.45, 7) is 0. The van der Waals surface area contributed by atoms with Gasteiger partial charge in [0, 0.05) is 0 Å². The van der Waals surface area contributed by atoms with E-state index >= 15 is 0 Å². The summed E-state index contributed by atoms with van der Waals surface area (Å²) in [7, 11) is -2.95. The van der Waals surface area contributed by atoms with Crippen LogP contribution in [0.2, 0.25) is 0 Å². The third kappa shape index (κ3) is 72.7. The first-order chi connectivity index (χ1) is 2.00. The topological polar surface area (TPSA) is 34.1 Å². The number of rotatable bonds is 0. The van der Waals surface area contributed by atoms with Crippen LogP contribution < -0.4 is 0 Å². The highest BCUT2D eigenvalue weighted by molar-refractivity contribution is 14.2. The Morgan fingerprint density at radius 2 is 1.60 bits per heavy atom. The Morgan fingerprint density at radius 3 is 1.60 bits per heavy atom. The van der Waals surface area contributed by atoms with Gasteiger partial charge < -0.3 is 0 Å². The minimum atomic E-state index is -2.95. The zero-order valence-corrected chi connectivity index (χ0v) is 5.28. The van der Waals surface area contributed by atoms with Gasteiger partial charge in [0.05, 0.1) is 27.5 Å². The summed E-state index contributed by atoms with van der Waals surface area (Å²) in [6.07, 6.45) is 2.73. The summed E-state index contributed by atoms with van der Waals surface area (Å²) < 4.78 is 19.0. The molecule has 0 aromatic heterocycles. The SMILES string of the molecule is [CH2]S(=O)(=O)I. The molecule has 0 heterocycles. The molecule has 0 aliphatic rings. The van der Waals surface area contributed by atoms with Crippen molar-refractivity contribution in [1.29, 1.82) is 0 Å². The molecule has 0 aliphatic carbocycles. The second-order valence-corrected chi connectivity index (χ2v) is 5.64. The molecule has 2 nitrogen and oxygen atoms in total. The molecular weight excluding hydrogens is 203 g/mol. The van der Waals surface area contributed by atoms with Gasteiger partial charge in [-0.2, -0.15) is 0 Å². The van der Waals surface area contributed by atoms with Crippen molar-refractivity contribution in [2.45, 2.75) is 0 Å². The van der Waals surface area contributed by atoms with Crippen molar-refractivity contribution in [3.63, 3.8) is 0 Å². The van der Waals surface area contributed by atoms with Crippen molar-refractivity contribution in [3.8, 4) is 0 Å². The summed E-state index contributed by atoms with van der Waals surface area (Å²) >= 11 is 1.24. The molecule has 5 heavy (non-hydrogen) atoms. The Hall–Kier alpha value is 0.680. The van der Waals surface area contributed by atoms with Crippen molar-refractivity contribution >= 4 is 28.2 Å². The van der Waals surface area contributed by atoms with Crippen molar-refractivity contribution < 1.29 is 8.42 Å². The maximum atomic E-state index is 9.51. The molecule has 0 spiro atoms. The Bertz CT molecular complexity index is 92.8. The number of halogens is 1. The average Bonchev–Trinajstić information content (AvgIpc) is 0.722. The van der Waals surface area contributed by atoms with Crippen LogP contribution in [-0.4, -0.2) is 8.42 Å². The lowest BCUT2D eigenvalue weighted by molar-refractivity contribution is 0.620. The van der Waals surface area contributed by atoms with Gasteiger partial charge in [0.1, 0.15) is 0 Å². The second kappa shape index (κ2) is 1.42. The second-order valence-electron chi connectivity index (χ2n) is 0.539. The van der Waals surface area contributed by atoms with E-state index in [-0.39, 0.29) is 0 Å². The fourth-order valence-corrected chi connectivity index (χ4v) is 0. The van der Waals surface area contributed by atoms with Crippen LogP contribution >= 0.6 is 21.2 Å². The van der Waals surface area contributed by atoms with Gasteiger partial charge >= 0.3 is 0 Å². The van der Waals surface area contributed by atoms with Crippen molar-refractivity contribution in [2.75, 3.05) is 0 Å². The third-order valence-corrected chi connectivity index (χ3v) is 0. The van der Waals surface area contributed by atoms with Gasteiger partial charge in [-0.15, -0.1) is 0 Å². The average molecular weight is 205 g/mol. The molecule has 0 amide bonds. The van der Waals surface area contributed by atoms with Gasteiger partial charge in [0.25, 0.3) is 0 Å². The maximum Gasteiger partial charge on any atom is 0.204 e. The van der Waals surface area contributed by atoms with Crippen LogP contribution in [0.4, 0.5) is 0 Å². The van der Waals surface area contributed by atoms with Gasteiger partial charge in [-0.05, 0) is 0 Å². The molecule has 0 saturated carbocycles. The maximum absolute atomic E-state index is 9.51. The molecule has 1 radical (unpaired) electrons. The monoisotopic (exact) mass is 205 g/mol. The van der Waals surface area contributed by atoms with Gasteiger partial charge in [-0.1, -0.05) is 0 Å². The van der Waals surface area contributed by atoms with E-state index in [4.69, 9.17) is 0 Å². The fourth-order valence-electron chi connectivity index (χ4n) is 0. The van der Waals surface area contributed by atoms with E-state index in [1.165, 1.54) is 21.2 Å². The van der Waals surface area contributed by atoms with Gasteiger partial charge in [0.2, 0.25) is 7.01 Å². The minimum Gasteiger partial charge on any atom is -0.218 e. The quantitative estimate of drug-likeness (QED) is 0.427. The predicted octanol–water partition coefficient (Wildman–Crippen LogP) is 0.543. The highest BCUT2D eigenvalue weighted by Crippen LogP contribution is 1.93. The zero-order chi connectivity index (χ0) is 4.50. The number of hydrogen-bond acceptors (Lipinski definition) is 2. The molecule has 0 saturated heterocycles. The normalized spacial score (nSPS) is 11.6. The third-order valence-electron chi connectivity index (χ3n) is 0. The smallest absolute Gasteiger partial charge is 0.204 e. The lowest BCUT2D eigenvalue weighted by Gasteiger charge is -1.65. The van der Waals surface area contributed by atoms with Crippen molar-refractivity contribution in [3.05, 3.63) is 6.26 Å². The molecule has 0 fully saturated rings. The molecule has 0 aromatic rings. The zero-order valence-electron chi connectivity index (χ0n) is 2.31. The van der Waals surface area contributed by atoms with Gasteiger partial charge in [-0.3, -0.25) is 0 Å². The summed E-state index contributed by atoms with van der Waals surface area (Å²) in [5.41, 5.74) is 0. The number of hydrogen-bond donors (Lipinski definition) is 0.